The number of benzene rings is 1. The number of rotatable bonds is 6. The van der Waals surface area contributed by atoms with Crippen LogP contribution in [0.3, 0.4) is 0 Å². The number of nitrogens with one attached hydrogen (secondary N) is 1. The van der Waals surface area contributed by atoms with Crippen molar-refractivity contribution in [2.75, 3.05) is 39.8 Å². The Kier molecular flexibility index (Phi) is 6.34. The number of carbonyl (C=O) groups is 1. The van der Waals surface area contributed by atoms with Gasteiger partial charge < -0.3 is 14.8 Å². The average Bonchev–Trinajstić information content (AvgIpc) is 3.29. The largest absolute Gasteiger partial charge is 0.496 e. The van der Waals surface area contributed by atoms with Crippen molar-refractivity contribution in [3.63, 3.8) is 0 Å². The topological polar surface area (TPSA) is 81.7 Å². The van der Waals surface area contributed by atoms with Crippen LogP contribution in [0.4, 0.5) is 4.39 Å². The summed E-state index contributed by atoms with van der Waals surface area (Å²) >= 11 is 0. The second-order valence-electron chi connectivity index (χ2n) is 9.02. The number of aromatic nitrogens is 2. The minimum atomic E-state index is -0.754. The fourth-order valence-corrected chi connectivity index (χ4v) is 5.22. The average molecular weight is 465 g/mol. The Hall–Kier alpha value is -3.23. The maximum absolute atomic E-state index is 14.0. The molecule has 5 rings (SSSR count). The molecule has 178 valence electrons. The second-order valence-corrected chi connectivity index (χ2v) is 9.02. The third-order valence-corrected chi connectivity index (χ3v) is 7.00. The minimum absolute atomic E-state index is 0.134. The van der Waals surface area contributed by atoms with Crippen LogP contribution >= 0.6 is 0 Å². The number of carboxylic acids is 1. The number of halogens is 1. The van der Waals surface area contributed by atoms with Crippen LogP contribution < -0.4 is 4.74 Å². The summed E-state index contributed by atoms with van der Waals surface area (Å²) < 4.78 is 19.5. The molecule has 0 bridgehead atoms. The standard InChI is InChI=1S/C26H29FN4O3/c1-34-24-3-2-18(27)14-21(24)20-4-9-28-26-22(20)15-23(29-26)17-5-12-31(13-6-17)19-7-10-30(11-8-19)16-25(32)33/h2-5,9,14-15,19H,6-8,10-13,16H2,1H3,(H,28,29)(H,32,33). The predicted octanol–water partition coefficient (Wildman–Crippen LogP) is 4.02. The highest BCUT2D eigenvalue weighted by atomic mass is 19.1. The van der Waals surface area contributed by atoms with E-state index in [1.165, 1.54) is 17.7 Å². The lowest BCUT2D eigenvalue weighted by Crippen LogP contribution is -2.47. The third kappa shape index (κ3) is 4.56. The van der Waals surface area contributed by atoms with Gasteiger partial charge in [0.05, 0.1) is 13.7 Å². The minimum Gasteiger partial charge on any atom is -0.496 e. The number of likely N-dealkylation sites (tertiary alicyclic amines) is 1. The molecule has 1 saturated heterocycles. The Bertz CT molecular complexity index is 1230. The van der Waals surface area contributed by atoms with Gasteiger partial charge in [-0.05, 0) is 60.7 Å². The van der Waals surface area contributed by atoms with Gasteiger partial charge in [0.1, 0.15) is 17.2 Å². The van der Waals surface area contributed by atoms with Crippen LogP contribution in [0.5, 0.6) is 5.75 Å². The molecule has 2 aliphatic heterocycles. The monoisotopic (exact) mass is 464 g/mol. The molecule has 0 atom stereocenters. The molecule has 0 saturated carbocycles. The number of pyridine rings is 1. The SMILES string of the molecule is COc1ccc(F)cc1-c1ccnc2[nH]c(C3=CCN(C4CCN(CC(=O)O)CC4)CC3)cc12. The van der Waals surface area contributed by atoms with Crippen molar-refractivity contribution in [1.82, 2.24) is 19.8 Å². The van der Waals surface area contributed by atoms with Crippen molar-refractivity contribution in [2.24, 2.45) is 0 Å². The fraction of sp³-hybridized carbons (Fsp3) is 0.385. The molecule has 0 radical (unpaired) electrons. The van der Waals surface area contributed by atoms with Gasteiger partial charge in [0, 0.05) is 55.1 Å². The molecule has 4 heterocycles. The van der Waals surface area contributed by atoms with Gasteiger partial charge in [-0.3, -0.25) is 14.6 Å². The first-order valence-corrected chi connectivity index (χ1v) is 11.7. The molecule has 0 amide bonds. The Morgan fingerprint density at radius 2 is 2.03 bits per heavy atom. The Morgan fingerprint density at radius 1 is 1.21 bits per heavy atom. The fourth-order valence-electron chi connectivity index (χ4n) is 5.22. The quantitative estimate of drug-likeness (QED) is 0.574. The van der Waals surface area contributed by atoms with Gasteiger partial charge in [-0.2, -0.15) is 0 Å². The van der Waals surface area contributed by atoms with Gasteiger partial charge >= 0.3 is 5.97 Å². The molecule has 0 spiro atoms. The smallest absolute Gasteiger partial charge is 0.317 e. The Labute approximate surface area is 197 Å². The van der Waals surface area contributed by atoms with Gasteiger partial charge in [-0.15, -0.1) is 0 Å². The number of hydrogen-bond acceptors (Lipinski definition) is 5. The lowest BCUT2D eigenvalue weighted by Gasteiger charge is -2.39. The van der Waals surface area contributed by atoms with E-state index in [2.05, 4.69) is 27.0 Å². The maximum Gasteiger partial charge on any atom is 0.317 e. The molecule has 1 fully saturated rings. The van der Waals surface area contributed by atoms with E-state index in [4.69, 9.17) is 9.84 Å². The first-order valence-electron chi connectivity index (χ1n) is 11.7. The van der Waals surface area contributed by atoms with Gasteiger partial charge in [0.25, 0.3) is 0 Å². The van der Waals surface area contributed by atoms with Crippen molar-refractivity contribution in [1.29, 1.82) is 0 Å². The van der Waals surface area contributed by atoms with Gasteiger partial charge in [-0.25, -0.2) is 9.37 Å². The van der Waals surface area contributed by atoms with Crippen LogP contribution in [0.1, 0.15) is 25.0 Å². The van der Waals surface area contributed by atoms with Crippen molar-refractivity contribution in [3.8, 4) is 16.9 Å². The summed E-state index contributed by atoms with van der Waals surface area (Å²) in [6.07, 6.45) is 6.95. The number of aromatic amines is 1. The molecule has 8 heteroatoms. The van der Waals surface area contributed by atoms with E-state index in [-0.39, 0.29) is 12.4 Å². The van der Waals surface area contributed by atoms with E-state index in [1.807, 2.05) is 11.0 Å². The lowest BCUT2D eigenvalue weighted by atomic mass is 9.98. The molecule has 1 aromatic carbocycles. The second kappa shape index (κ2) is 9.56. The zero-order valence-corrected chi connectivity index (χ0v) is 19.3. The highest BCUT2D eigenvalue weighted by Gasteiger charge is 2.27. The van der Waals surface area contributed by atoms with E-state index in [0.717, 1.165) is 67.7 Å². The molecule has 0 unspecified atom stereocenters. The molecule has 2 aromatic heterocycles. The maximum atomic E-state index is 14.0. The highest BCUT2D eigenvalue weighted by Crippen LogP contribution is 2.36. The molecular formula is C26H29FN4O3. The van der Waals surface area contributed by atoms with Gasteiger partial charge in [-0.1, -0.05) is 6.08 Å². The number of ether oxygens (including phenoxy) is 1. The highest BCUT2D eigenvalue weighted by molar-refractivity contribution is 5.96. The first kappa shape index (κ1) is 22.6. The summed E-state index contributed by atoms with van der Waals surface area (Å²) in [5, 5.41) is 9.94. The Morgan fingerprint density at radius 3 is 2.74 bits per heavy atom. The zero-order valence-electron chi connectivity index (χ0n) is 19.3. The summed E-state index contributed by atoms with van der Waals surface area (Å²) in [5.74, 6) is -0.435. The molecule has 2 aliphatic rings. The Balaban J connectivity index is 1.33. The number of methoxy groups -OCH3 is 1. The number of hydrogen-bond donors (Lipinski definition) is 2. The number of aliphatic carboxylic acids is 1. The van der Waals surface area contributed by atoms with E-state index < -0.39 is 5.97 Å². The number of carboxylic acid groups (broad SMARTS) is 1. The summed E-state index contributed by atoms with van der Waals surface area (Å²) in [7, 11) is 1.59. The summed E-state index contributed by atoms with van der Waals surface area (Å²) in [6, 6.07) is 9.05. The van der Waals surface area contributed by atoms with Crippen LogP contribution in [0.15, 0.2) is 42.6 Å². The van der Waals surface area contributed by atoms with Crippen LogP contribution in [-0.4, -0.2) is 76.7 Å². The van der Waals surface area contributed by atoms with E-state index >= 15 is 0 Å². The van der Waals surface area contributed by atoms with Gasteiger partial charge in [0.15, 0.2) is 0 Å². The number of nitrogens with zero attached hydrogens (tertiary/aromatic N) is 3. The van der Waals surface area contributed by atoms with Crippen LogP contribution in [0.25, 0.3) is 27.7 Å². The number of fused-ring (bicyclic) bond motifs is 1. The normalized spacial score (nSPS) is 18.2. The lowest BCUT2D eigenvalue weighted by molar-refractivity contribution is -0.138. The van der Waals surface area contributed by atoms with Crippen LogP contribution in [0, 0.1) is 5.82 Å². The van der Waals surface area contributed by atoms with E-state index in [9.17, 15) is 9.18 Å². The van der Waals surface area contributed by atoms with Crippen molar-refractivity contribution in [3.05, 3.63) is 54.1 Å². The zero-order chi connectivity index (χ0) is 23.7. The molecule has 7 nitrogen and oxygen atoms in total. The number of H-pyrrole nitrogens is 1. The van der Waals surface area contributed by atoms with Crippen LogP contribution in [0.2, 0.25) is 0 Å². The summed E-state index contributed by atoms with van der Waals surface area (Å²) in [5.41, 5.74) is 4.66. The van der Waals surface area contributed by atoms with Crippen molar-refractivity contribution >= 4 is 22.6 Å². The van der Waals surface area contributed by atoms with Crippen molar-refractivity contribution < 1.29 is 19.0 Å². The predicted molar refractivity (Wildman–Crippen MR) is 129 cm³/mol. The van der Waals surface area contributed by atoms with E-state index in [0.29, 0.717) is 17.4 Å². The summed E-state index contributed by atoms with van der Waals surface area (Å²) in [6.45, 7) is 3.66. The van der Waals surface area contributed by atoms with Crippen LogP contribution in [-0.2, 0) is 4.79 Å². The first-order chi connectivity index (χ1) is 16.5. The molecule has 0 aliphatic carbocycles. The molecule has 2 N–H and O–H groups in total. The van der Waals surface area contributed by atoms with Gasteiger partial charge in [0.2, 0.25) is 0 Å². The molecule has 3 aromatic rings. The molecule has 34 heavy (non-hydrogen) atoms. The number of piperidine rings is 1. The third-order valence-electron chi connectivity index (χ3n) is 7.00. The summed E-state index contributed by atoms with van der Waals surface area (Å²) in [4.78, 5) is 23.4. The molecular weight excluding hydrogens is 435 g/mol. The van der Waals surface area contributed by atoms with Crippen molar-refractivity contribution in [2.45, 2.75) is 25.3 Å². The van der Waals surface area contributed by atoms with E-state index in [1.54, 1.807) is 19.4 Å².